The number of hydrogen-bond donors (Lipinski definition) is 2. The fourth-order valence-electron chi connectivity index (χ4n) is 2.15. The van der Waals surface area contributed by atoms with Crippen LogP contribution in [0.15, 0.2) is 59.2 Å². The van der Waals surface area contributed by atoms with Gasteiger partial charge in [0.1, 0.15) is 6.33 Å². The molecule has 6 nitrogen and oxygen atoms in total. The lowest BCUT2D eigenvalue weighted by Gasteiger charge is -2.11. The second-order valence-corrected chi connectivity index (χ2v) is 5.84. The second kappa shape index (κ2) is 9.38. The first-order valence-corrected chi connectivity index (χ1v) is 8.16. The molecule has 0 radical (unpaired) electrons. The molecule has 0 amide bonds. The molecule has 0 atom stereocenters. The number of nitrogens with one attached hydrogen (secondary N) is 2. The van der Waals surface area contributed by atoms with Gasteiger partial charge >= 0.3 is 0 Å². The van der Waals surface area contributed by atoms with E-state index in [1.165, 1.54) is 4.88 Å². The number of para-hydroxylation sites is 1. The summed E-state index contributed by atoms with van der Waals surface area (Å²) in [6.45, 7) is 1.29. The first kappa shape index (κ1) is 18.4. The molecule has 3 rings (SSSR count). The summed E-state index contributed by atoms with van der Waals surface area (Å²) in [5.41, 5.74) is 1.04. The zero-order valence-electron chi connectivity index (χ0n) is 13.2. The van der Waals surface area contributed by atoms with E-state index in [1.54, 1.807) is 24.7 Å². The predicted octanol–water partition coefficient (Wildman–Crippen LogP) is 2.81. The molecule has 1 aromatic carbocycles. The summed E-state index contributed by atoms with van der Waals surface area (Å²) in [5.74, 6) is 1.57. The normalized spacial score (nSPS) is 11.0. The number of thiophene rings is 1. The largest absolute Gasteiger partial charge is 0.352 e. The predicted molar refractivity (Wildman–Crippen MR) is 108 cm³/mol. The molecule has 0 aliphatic heterocycles. The van der Waals surface area contributed by atoms with Gasteiger partial charge < -0.3 is 10.6 Å². The Hall–Kier alpha value is -1.94. The molecule has 2 N–H and O–H groups in total. The average Bonchev–Trinajstić information content (AvgIpc) is 3.27. The molecule has 0 saturated carbocycles. The summed E-state index contributed by atoms with van der Waals surface area (Å²) in [4.78, 5) is 5.50. The highest BCUT2D eigenvalue weighted by atomic mass is 127. The molecule has 2 aromatic heterocycles. The lowest BCUT2D eigenvalue weighted by molar-refractivity contribution is 0.756. The average molecular weight is 454 g/mol. The molecule has 0 bridgehead atoms. The Balaban J connectivity index is 0.00000208. The molecule has 0 saturated heterocycles. The van der Waals surface area contributed by atoms with E-state index in [1.807, 2.05) is 41.0 Å². The van der Waals surface area contributed by atoms with E-state index >= 15 is 0 Å². The molecular weight excluding hydrogens is 435 g/mol. The molecule has 0 fully saturated rings. The van der Waals surface area contributed by atoms with Crippen molar-refractivity contribution in [3.8, 4) is 5.69 Å². The number of aliphatic imine (C=N–C) groups is 1. The first-order chi connectivity index (χ1) is 11.4. The Morgan fingerprint density at radius 1 is 1.12 bits per heavy atom. The lowest BCUT2D eigenvalue weighted by Crippen LogP contribution is -2.36. The summed E-state index contributed by atoms with van der Waals surface area (Å²) in [6, 6.07) is 14.2. The molecule has 0 aliphatic carbocycles. The Morgan fingerprint density at radius 2 is 1.92 bits per heavy atom. The van der Waals surface area contributed by atoms with Crippen LogP contribution < -0.4 is 10.6 Å². The SMILES string of the molecule is CN=C(NCc1cccs1)NCc1nncn1-c1ccccc1.I. The third-order valence-electron chi connectivity index (χ3n) is 3.30. The maximum Gasteiger partial charge on any atom is 0.191 e. The van der Waals surface area contributed by atoms with E-state index in [2.05, 4.69) is 37.3 Å². The van der Waals surface area contributed by atoms with E-state index in [0.29, 0.717) is 6.54 Å². The molecule has 126 valence electrons. The minimum atomic E-state index is 0. The van der Waals surface area contributed by atoms with Crippen molar-refractivity contribution in [1.29, 1.82) is 0 Å². The Labute approximate surface area is 162 Å². The standard InChI is InChI=1S/C16H18N6S.HI/c1-17-16(18-10-14-8-5-9-23-14)19-11-15-21-20-12-22(15)13-6-3-2-4-7-13;/h2-9,12H,10-11H2,1H3,(H2,17,18,19);1H. The van der Waals surface area contributed by atoms with Crippen molar-refractivity contribution in [2.45, 2.75) is 13.1 Å². The topological polar surface area (TPSA) is 67.1 Å². The summed E-state index contributed by atoms with van der Waals surface area (Å²) in [5, 5.41) is 16.8. The van der Waals surface area contributed by atoms with E-state index in [4.69, 9.17) is 0 Å². The van der Waals surface area contributed by atoms with Crippen LogP contribution in [0.25, 0.3) is 5.69 Å². The quantitative estimate of drug-likeness (QED) is 0.354. The van der Waals surface area contributed by atoms with Gasteiger partial charge in [-0.3, -0.25) is 9.56 Å². The highest BCUT2D eigenvalue weighted by Crippen LogP contribution is 2.09. The fraction of sp³-hybridized carbons (Fsp3) is 0.188. The third kappa shape index (κ3) is 4.78. The van der Waals surface area contributed by atoms with Gasteiger partial charge in [-0.15, -0.1) is 45.5 Å². The zero-order valence-corrected chi connectivity index (χ0v) is 16.4. The van der Waals surface area contributed by atoms with Crippen LogP contribution in [0.3, 0.4) is 0 Å². The number of aromatic nitrogens is 3. The Kier molecular flexibility index (Phi) is 7.19. The molecule has 0 spiro atoms. The number of rotatable bonds is 5. The molecule has 24 heavy (non-hydrogen) atoms. The fourth-order valence-corrected chi connectivity index (χ4v) is 2.80. The van der Waals surface area contributed by atoms with Crippen LogP contribution in [-0.2, 0) is 13.1 Å². The van der Waals surface area contributed by atoms with Crippen molar-refractivity contribution >= 4 is 41.3 Å². The van der Waals surface area contributed by atoms with Gasteiger partial charge in [0.25, 0.3) is 0 Å². The van der Waals surface area contributed by atoms with E-state index < -0.39 is 0 Å². The maximum atomic E-state index is 4.23. The minimum absolute atomic E-state index is 0. The zero-order chi connectivity index (χ0) is 15.9. The molecule has 3 aromatic rings. The monoisotopic (exact) mass is 454 g/mol. The van der Waals surface area contributed by atoms with E-state index in [9.17, 15) is 0 Å². The Bertz CT molecular complexity index is 754. The van der Waals surface area contributed by atoms with Gasteiger partial charge in [-0.05, 0) is 23.6 Å². The second-order valence-electron chi connectivity index (χ2n) is 4.81. The number of nitrogens with zero attached hydrogens (tertiary/aromatic N) is 4. The van der Waals surface area contributed by atoms with Gasteiger partial charge in [-0.1, -0.05) is 24.3 Å². The van der Waals surface area contributed by atoms with Crippen molar-refractivity contribution in [3.05, 3.63) is 64.9 Å². The van der Waals surface area contributed by atoms with Gasteiger partial charge in [-0.2, -0.15) is 0 Å². The van der Waals surface area contributed by atoms with Crippen LogP contribution in [0.1, 0.15) is 10.7 Å². The van der Waals surface area contributed by atoms with Crippen LogP contribution in [0.5, 0.6) is 0 Å². The highest BCUT2D eigenvalue weighted by Gasteiger charge is 2.07. The highest BCUT2D eigenvalue weighted by molar-refractivity contribution is 14.0. The minimum Gasteiger partial charge on any atom is -0.352 e. The van der Waals surface area contributed by atoms with Crippen LogP contribution in [-0.4, -0.2) is 27.8 Å². The molecule has 2 heterocycles. The lowest BCUT2D eigenvalue weighted by atomic mass is 10.3. The molecular formula is C16H19IN6S. The van der Waals surface area contributed by atoms with Crippen LogP contribution in [0.2, 0.25) is 0 Å². The van der Waals surface area contributed by atoms with E-state index in [0.717, 1.165) is 24.0 Å². The molecule has 0 unspecified atom stereocenters. The number of hydrogen-bond acceptors (Lipinski definition) is 4. The van der Waals surface area contributed by atoms with Gasteiger partial charge in [0.15, 0.2) is 11.8 Å². The number of halogens is 1. The summed E-state index contributed by atoms with van der Waals surface area (Å²) < 4.78 is 1.96. The van der Waals surface area contributed by atoms with Gasteiger partial charge in [0.2, 0.25) is 0 Å². The first-order valence-electron chi connectivity index (χ1n) is 7.28. The van der Waals surface area contributed by atoms with Crippen molar-refractivity contribution in [3.63, 3.8) is 0 Å². The van der Waals surface area contributed by atoms with Crippen LogP contribution in [0.4, 0.5) is 0 Å². The van der Waals surface area contributed by atoms with Crippen molar-refractivity contribution in [2.75, 3.05) is 7.05 Å². The van der Waals surface area contributed by atoms with E-state index in [-0.39, 0.29) is 24.0 Å². The summed E-state index contributed by atoms with van der Waals surface area (Å²) >= 11 is 1.72. The van der Waals surface area contributed by atoms with Gasteiger partial charge in [0.05, 0.1) is 13.1 Å². The molecule has 0 aliphatic rings. The van der Waals surface area contributed by atoms with Crippen molar-refractivity contribution in [2.24, 2.45) is 4.99 Å². The number of benzene rings is 1. The Morgan fingerprint density at radius 3 is 2.62 bits per heavy atom. The maximum absolute atomic E-state index is 4.23. The van der Waals surface area contributed by atoms with Crippen LogP contribution in [0, 0.1) is 0 Å². The summed E-state index contributed by atoms with van der Waals surface area (Å²) in [6.07, 6.45) is 1.72. The van der Waals surface area contributed by atoms with Crippen molar-refractivity contribution in [1.82, 2.24) is 25.4 Å². The molecule has 8 heteroatoms. The van der Waals surface area contributed by atoms with Crippen LogP contribution >= 0.6 is 35.3 Å². The summed E-state index contributed by atoms with van der Waals surface area (Å²) in [7, 11) is 1.76. The van der Waals surface area contributed by atoms with Gasteiger partial charge in [0, 0.05) is 17.6 Å². The van der Waals surface area contributed by atoms with Gasteiger partial charge in [-0.25, -0.2) is 0 Å². The number of guanidine groups is 1. The van der Waals surface area contributed by atoms with Crippen molar-refractivity contribution < 1.29 is 0 Å². The smallest absolute Gasteiger partial charge is 0.191 e. The third-order valence-corrected chi connectivity index (χ3v) is 4.18.